The average molecular weight is 222 g/mol. The van der Waals surface area contributed by atoms with Crippen molar-refractivity contribution in [3.63, 3.8) is 0 Å². The van der Waals surface area contributed by atoms with Gasteiger partial charge in [0, 0.05) is 4.90 Å². The lowest BCUT2D eigenvalue weighted by Crippen LogP contribution is -2.33. The van der Waals surface area contributed by atoms with Gasteiger partial charge in [-0.15, -0.1) is 11.8 Å². The molecule has 1 aliphatic carbocycles. The number of carboxylic acid groups (broad SMARTS) is 1. The Balaban J connectivity index is 2.17. The highest BCUT2D eigenvalue weighted by atomic mass is 32.2. The summed E-state index contributed by atoms with van der Waals surface area (Å²) in [6, 6.07) is 9.76. The molecule has 2 nitrogen and oxygen atoms in total. The summed E-state index contributed by atoms with van der Waals surface area (Å²) in [6.45, 7) is 1.84. The molecule has 2 rings (SSSR count). The fourth-order valence-corrected chi connectivity index (χ4v) is 2.94. The van der Waals surface area contributed by atoms with Crippen molar-refractivity contribution in [3.05, 3.63) is 30.3 Å². The molecule has 0 heterocycles. The van der Waals surface area contributed by atoms with E-state index in [0.29, 0.717) is 5.92 Å². The third kappa shape index (κ3) is 2.17. The lowest BCUT2D eigenvalue weighted by molar-refractivity contribution is -0.139. The van der Waals surface area contributed by atoms with Crippen molar-refractivity contribution in [2.24, 2.45) is 5.92 Å². The zero-order chi connectivity index (χ0) is 10.9. The fourth-order valence-electron chi connectivity index (χ4n) is 1.67. The summed E-state index contributed by atoms with van der Waals surface area (Å²) in [5.41, 5.74) is 0. The highest BCUT2D eigenvalue weighted by Crippen LogP contribution is 2.50. The summed E-state index contributed by atoms with van der Waals surface area (Å²) in [5.74, 6) is -0.362. The highest BCUT2D eigenvalue weighted by molar-refractivity contribution is 8.01. The quantitative estimate of drug-likeness (QED) is 0.796. The van der Waals surface area contributed by atoms with Crippen LogP contribution in [-0.4, -0.2) is 15.8 Å². The molecule has 1 aromatic rings. The van der Waals surface area contributed by atoms with Gasteiger partial charge in [0.25, 0.3) is 0 Å². The van der Waals surface area contributed by atoms with E-state index in [1.807, 2.05) is 37.3 Å². The van der Waals surface area contributed by atoms with Gasteiger partial charge in [-0.05, 0) is 37.8 Å². The molecule has 1 aliphatic rings. The van der Waals surface area contributed by atoms with Crippen molar-refractivity contribution in [2.75, 3.05) is 0 Å². The first-order chi connectivity index (χ1) is 7.13. The van der Waals surface area contributed by atoms with Crippen LogP contribution in [0.5, 0.6) is 0 Å². The minimum absolute atomic E-state index is 0.334. The van der Waals surface area contributed by atoms with E-state index < -0.39 is 10.7 Å². The SMILES string of the molecule is CC(Sc1ccccc1)(C(=O)O)C1CC1. The van der Waals surface area contributed by atoms with E-state index in [9.17, 15) is 9.90 Å². The number of hydrogen-bond acceptors (Lipinski definition) is 2. The molecule has 1 unspecified atom stereocenters. The first-order valence-electron chi connectivity index (χ1n) is 5.10. The van der Waals surface area contributed by atoms with Gasteiger partial charge in [0.05, 0.1) is 0 Å². The Hall–Kier alpha value is -0.960. The molecule has 0 aliphatic heterocycles. The monoisotopic (exact) mass is 222 g/mol. The van der Waals surface area contributed by atoms with E-state index in [-0.39, 0.29) is 0 Å². The molecule has 3 heteroatoms. The van der Waals surface area contributed by atoms with Crippen molar-refractivity contribution in [1.82, 2.24) is 0 Å². The van der Waals surface area contributed by atoms with Crippen molar-refractivity contribution < 1.29 is 9.90 Å². The summed E-state index contributed by atoms with van der Waals surface area (Å²) >= 11 is 1.47. The first kappa shape index (κ1) is 10.6. The summed E-state index contributed by atoms with van der Waals surface area (Å²) in [6.07, 6.45) is 2.09. The Labute approximate surface area is 93.7 Å². The lowest BCUT2D eigenvalue weighted by Gasteiger charge is -2.23. The van der Waals surface area contributed by atoms with Crippen LogP contribution in [0.1, 0.15) is 19.8 Å². The van der Waals surface area contributed by atoms with E-state index in [0.717, 1.165) is 17.7 Å². The first-order valence-corrected chi connectivity index (χ1v) is 5.92. The molecule has 1 fully saturated rings. The number of aliphatic carboxylic acids is 1. The number of hydrogen-bond donors (Lipinski definition) is 1. The van der Waals surface area contributed by atoms with Crippen molar-refractivity contribution in [3.8, 4) is 0 Å². The maximum absolute atomic E-state index is 11.3. The predicted octanol–water partition coefficient (Wildman–Crippen LogP) is 3.03. The van der Waals surface area contributed by atoms with Crippen LogP contribution in [0.25, 0.3) is 0 Å². The van der Waals surface area contributed by atoms with E-state index >= 15 is 0 Å². The number of carboxylic acids is 1. The molecule has 1 N–H and O–H groups in total. The van der Waals surface area contributed by atoms with Crippen LogP contribution in [0.15, 0.2) is 35.2 Å². The Morgan fingerprint density at radius 2 is 2.00 bits per heavy atom. The summed E-state index contributed by atoms with van der Waals surface area (Å²) in [5, 5.41) is 9.28. The Morgan fingerprint density at radius 3 is 2.47 bits per heavy atom. The molecular formula is C12H14O2S. The second-order valence-electron chi connectivity index (χ2n) is 4.10. The Bertz CT molecular complexity index is 359. The predicted molar refractivity (Wildman–Crippen MR) is 61.1 cm³/mol. The molecule has 1 atom stereocenters. The van der Waals surface area contributed by atoms with Gasteiger partial charge in [0.2, 0.25) is 0 Å². The van der Waals surface area contributed by atoms with Gasteiger partial charge in [0.1, 0.15) is 4.75 Å². The van der Waals surface area contributed by atoms with Crippen LogP contribution in [-0.2, 0) is 4.79 Å². The molecule has 0 radical (unpaired) electrons. The molecule has 15 heavy (non-hydrogen) atoms. The molecule has 0 spiro atoms. The van der Waals surface area contributed by atoms with Gasteiger partial charge in [-0.1, -0.05) is 18.2 Å². The summed E-state index contributed by atoms with van der Waals surface area (Å²) in [4.78, 5) is 12.3. The minimum Gasteiger partial charge on any atom is -0.480 e. The van der Waals surface area contributed by atoms with Crippen LogP contribution in [0.3, 0.4) is 0 Å². The maximum atomic E-state index is 11.3. The third-order valence-corrected chi connectivity index (χ3v) is 4.29. The molecule has 80 valence electrons. The molecule has 0 amide bonds. The zero-order valence-electron chi connectivity index (χ0n) is 8.64. The normalized spacial score (nSPS) is 19.5. The van der Waals surface area contributed by atoms with E-state index in [1.54, 1.807) is 0 Å². The topological polar surface area (TPSA) is 37.3 Å². The Kier molecular flexibility index (Phi) is 2.74. The molecule has 1 aromatic carbocycles. The van der Waals surface area contributed by atoms with Crippen LogP contribution in [0.2, 0.25) is 0 Å². The minimum atomic E-state index is -0.696. The molecular weight excluding hydrogens is 208 g/mol. The number of thioether (sulfide) groups is 1. The van der Waals surface area contributed by atoms with Gasteiger partial charge in [-0.25, -0.2) is 0 Å². The van der Waals surface area contributed by atoms with Crippen molar-refractivity contribution in [2.45, 2.75) is 29.4 Å². The molecule has 0 bridgehead atoms. The maximum Gasteiger partial charge on any atom is 0.320 e. The number of benzene rings is 1. The standard InChI is InChI=1S/C12H14O2S/c1-12(11(13)14,9-7-8-9)15-10-5-3-2-4-6-10/h2-6,9H,7-8H2,1H3,(H,13,14). The van der Waals surface area contributed by atoms with Crippen LogP contribution < -0.4 is 0 Å². The van der Waals surface area contributed by atoms with Crippen LogP contribution >= 0.6 is 11.8 Å². The van der Waals surface area contributed by atoms with Gasteiger partial charge in [-0.3, -0.25) is 4.79 Å². The number of rotatable bonds is 4. The van der Waals surface area contributed by atoms with Crippen LogP contribution in [0, 0.1) is 5.92 Å². The third-order valence-electron chi connectivity index (χ3n) is 2.85. The van der Waals surface area contributed by atoms with E-state index in [1.165, 1.54) is 11.8 Å². The van der Waals surface area contributed by atoms with Crippen molar-refractivity contribution >= 4 is 17.7 Å². The second-order valence-corrected chi connectivity index (χ2v) is 5.63. The second kappa shape index (κ2) is 3.89. The van der Waals surface area contributed by atoms with Gasteiger partial charge in [-0.2, -0.15) is 0 Å². The highest BCUT2D eigenvalue weighted by Gasteiger charge is 2.48. The largest absolute Gasteiger partial charge is 0.480 e. The van der Waals surface area contributed by atoms with Gasteiger partial charge < -0.3 is 5.11 Å². The summed E-state index contributed by atoms with van der Waals surface area (Å²) < 4.78 is -0.651. The zero-order valence-corrected chi connectivity index (χ0v) is 9.46. The molecule has 1 saturated carbocycles. The van der Waals surface area contributed by atoms with Crippen molar-refractivity contribution in [1.29, 1.82) is 0 Å². The lowest BCUT2D eigenvalue weighted by atomic mass is 10.1. The molecule has 0 saturated heterocycles. The fraction of sp³-hybridized carbons (Fsp3) is 0.417. The van der Waals surface area contributed by atoms with Gasteiger partial charge in [0.15, 0.2) is 0 Å². The molecule has 0 aromatic heterocycles. The Morgan fingerprint density at radius 1 is 1.40 bits per heavy atom. The van der Waals surface area contributed by atoms with E-state index in [2.05, 4.69) is 0 Å². The van der Waals surface area contributed by atoms with Crippen LogP contribution in [0.4, 0.5) is 0 Å². The average Bonchev–Trinajstić information content (AvgIpc) is 3.02. The summed E-state index contributed by atoms with van der Waals surface area (Å²) in [7, 11) is 0. The van der Waals surface area contributed by atoms with Gasteiger partial charge >= 0.3 is 5.97 Å². The smallest absolute Gasteiger partial charge is 0.320 e. The van der Waals surface area contributed by atoms with E-state index in [4.69, 9.17) is 0 Å². The number of carbonyl (C=O) groups is 1.